The molecule has 30 heavy (non-hydrogen) atoms. The number of fused-ring (bicyclic) bond motifs is 1. The lowest BCUT2D eigenvalue weighted by atomic mass is 10.1. The minimum Gasteiger partial charge on any atom is -0.467 e. The predicted molar refractivity (Wildman–Crippen MR) is 109 cm³/mol. The molecule has 1 aromatic carbocycles. The second-order valence-corrected chi connectivity index (χ2v) is 7.52. The van der Waals surface area contributed by atoms with Gasteiger partial charge < -0.3 is 25.6 Å². The van der Waals surface area contributed by atoms with Crippen molar-refractivity contribution >= 4 is 46.2 Å². The van der Waals surface area contributed by atoms with Crippen LogP contribution in [0.1, 0.15) is 11.8 Å². The molecule has 4 N–H and O–H groups in total. The number of methoxy groups -OCH3 is 1. The highest BCUT2D eigenvalue weighted by Gasteiger charge is 2.47. The first kappa shape index (κ1) is 20.8. The molecule has 3 heterocycles. The Kier molecular flexibility index (Phi) is 5.76. The number of carbonyl (C=O) groups excluding carboxylic acids is 1. The Morgan fingerprint density at radius 2 is 2.17 bits per heavy atom. The molecule has 4 rings (SSSR count). The van der Waals surface area contributed by atoms with Crippen molar-refractivity contribution in [1.29, 1.82) is 0 Å². The Morgan fingerprint density at radius 3 is 2.93 bits per heavy atom. The van der Waals surface area contributed by atoms with Gasteiger partial charge in [0.05, 0.1) is 19.5 Å². The number of aliphatic hydroxyl groups is 1. The molecule has 12 heteroatoms. The summed E-state index contributed by atoms with van der Waals surface area (Å²) < 4.78 is 11.8. The van der Waals surface area contributed by atoms with Gasteiger partial charge in [-0.15, -0.1) is 0 Å². The zero-order chi connectivity index (χ0) is 21.4. The Hall–Kier alpha value is -2.50. The van der Waals surface area contributed by atoms with Crippen molar-refractivity contribution in [3.05, 3.63) is 46.5 Å². The number of nitrogens with zero attached hydrogens (tertiary/aromatic N) is 4. The van der Waals surface area contributed by atoms with Crippen molar-refractivity contribution in [2.24, 2.45) is 5.73 Å². The van der Waals surface area contributed by atoms with Crippen LogP contribution in [0.2, 0.25) is 10.0 Å². The molecule has 1 aliphatic rings. The van der Waals surface area contributed by atoms with Crippen LogP contribution in [0.25, 0.3) is 11.2 Å². The molecule has 0 spiro atoms. The summed E-state index contributed by atoms with van der Waals surface area (Å²) in [6.45, 7) is 0.357. The summed E-state index contributed by atoms with van der Waals surface area (Å²) >= 11 is 12.2. The van der Waals surface area contributed by atoms with Crippen LogP contribution in [0, 0.1) is 0 Å². The number of anilines is 1. The number of ether oxygens (including phenoxy) is 2. The first-order valence-electron chi connectivity index (χ1n) is 8.93. The summed E-state index contributed by atoms with van der Waals surface area (Å²) in [4.78, 5) is 24.7. The normalized spacial score (nSPS) is 23.6. The summed E-state index contributed by atoms with van der Waals surface area (Å²) in [5.41, 5.74) is 7.56. The third kappa shape index (κ3) is 3.68. The second kappa shape index (κ2) is 8.32. The molecule has 2 aromatic heterocycles. The fraction of sp³-hybridized carbons (Fsp3) is 0.333. The maximum absolute atomic E-state index is 11.9. The third-order valence-corrected chi connectivity index (χ3v) is 5.45. The third-order valence-electron chi connectivity index (χ3n) is 4.84. The molecule has 158 valence electrons. The minimum absolute atomic E-state index is 0.357. The van der Waals surface area contributed by atoms with Gasteiger partial charge in [-0.1, -0.05) is 23.2 Å². The Bertz CT molecular complexity index is 1090. The van der Waals surface area contributed by atoms with Gasteiger partial charge in [0.15, 0.2) is 29.3 Å². The number of rotatable bonds is 5. The van der Waals surface area contributed by atoms with Crippen molar-refractivity contribution in [3.8, 4) is 0 Å². The number of halogens is 2. The van der Waals surface area contributed by atoms with E-state index in [0.29, 0.717) is 33.6 Å². The van der Waals surface area contributed by atoms with E-state index in [0.717, 1.165) is 5.56 Å². The lowest BCUT2D eigenvalue weighted by Gasteiger charge is -2.16. The van der Waals surface area contributed by atoms with E-state index in [9.17, 15) is 9.90 Å². The first-order valence-corrected chi connectivity index (χ1v) is 9.68. The maximum atomic E-state index is 11.9. The van der Waals surface area contributed by atoms with E-state index < -0.39 is 30.4 Å². The fourth-order valence-electron chi connectivity index (χ4n) is 3.27. The standard InChI is InChI=1S/C18H18Cl2N6O4/c1-29-18(28)14-11(21)13(27)17(30-14)26-7-25-12-15(23-6-24-16(12)26)22-5-8-4-9(19)2-3-10(8)20/h2-4,6-7,11,13-14,17,27H,5,21H2,1H3,(H,22,23,24)/t11-,13+,14-,17+/m0/s1. The van der Waals surface area contributed by atoms with Gasteiger partial charge in [-0.05, 0) is 23.8 Å². The molecular weight excluding hydrogens is 435 g/mol. The summed E-state index contributed by atoms with van der Waals surface area (Å²) in [5, 5.41) is 14.8. The SMILES string of the molecule is COC(=O)[C@H]1O[C@@H](n2cnc3c(NCc4cc(Cl)ccc4Cl)ncnc32)[C@H](O)[C@@H]1N. The zero-order valence-corrected chi connectivity index (χ0v) is 17.2. The monoisotopic (exact) mass is 452 g/mol. The van der Waals surface area contributed by atoms with Gasteiger partial charge in [-0.3, -0.25) is 4.57 Å². The summed E-state index contributed by atoms with van der Waals surface area (Å²) in [5.74, 6) is -0.208. The summed E-state index contributed by atoms with van der Waals surface area (Å²) in [7, 11) is 1.22. The van der Waals surface area contributed by atoms with Crippen LogP contribution in [-0.2, 0) is 20.8 Å². The highest BCUT2D eigenvalue weighted by Crippen LogP contribution is 2.32. The number of nitrogens with two attached hydrogens (primary N) is 1. The largest absolute Gasteiger partial charge is 0.467 e. The van der Waals surface area contributed by atoms with Crippen molar-refractivity contribution in [2.75, 3.05) is 12.4 Å². The Labute approximate surface area is 180 Å². The highest BCUT2D eigenvalue weighted by atomic mass is 35.5. The van der Waals surface area contributed by atoms with Gasteiger partial charge in [0.25, 0.3) is 0 Å². The fourth-order valence-corrected chi connectivity index (χ4v) is 3.65. The number of nitrogens with one attached hydrogen (secondary N) is 1. The predicted octanol–water partition coefficient (Wildman–Crippen LogP) is 1.50. The number of esters is 1. The second-order valence-electron chi connectivity index (χ2n) is 6.67. The number of aliphatic hydroxyl groups excluding tert-OH is 1. The highest BCUT2D eigenvalue weighted by molar-refractivity contribution is 6.33. The molecule has 0 amide bonds. The van der Waals surface area contributed by atoms with Crippen molar-refractivity contribution in [1.82, 2.24) is 19.5 Å². The Balaban J connectivity index is 1.61. The van der Waals surface area contributed by atoms with Crippen LogP contribution in [-0.4, -0.2) is 56.0 Å². The van der Waals surface area contributed by atoms with Crippen LogP contribution in [0.3, 0.4) is 0 Å². The van der Waals surface area contributed by atoms with Gasteiger partial charge in [0.2, 0.25) is 0 Å². The molecule has 0 bridgehead atoms. The quantitative estimate of drug-likeness (QED) is 0.491. The van der Waals surface area contributed by atoms with Gasteiger partial charge in [0.1, 0.15) is 12.4 Å². The summed E-state index contributed by atoms with van der Waals surface area (Å²) in [6, 6.07) is 4.22. The molecule has 0 radical (unpaired) electrons. The van der Waals surface area contributed by atoms with E-state index in [1.165, 1.54) is 24.3 Å². The van der Waals surface area contributed by atoms with Crippen LogP contribution in [0.5, 0.6) is 0 Å². The van der Waals surface area contributed by atoms with Crippen molar-refractivity contribution < 1.29 is 19.4 Å². The average molecular weight is 453 g/mol. The number of aromatic nitrogens is 4. The van der Waals surface area contributed by atoms with Crippen LogP contribution in [0.15, 0.2) is 30.9 Å². The van der Waals surface area contributed by atoms with Crippen LogP contribution < -0.4 is 11.1 Å². The van der Waals surface area contributed by atoms with E-state index in [-0.39, 0.29) is 0 Å². The van der Waals surface area contributed by atoms with E-state index >= 15 is 0 Å². The topological polar surface area (TPSA) is 137 Å². The average Bonchev–Trinajstić information content (AvgIpc) is 3.30. The number of imidazole rings is 1. The van der Waals surface area contributed by atoms with E-state index in [1.54, 1.807) is 18.2 Å². The van der Waals surface area contributed by atoms with E-state index in [1.807, 2.05) is 0 Å². The smallest absolute Gasteiger partial charge is 0.336 e. The molecule has 1 fully saturated rings. The van der Waals surface area contributed by atoms with E-state index in [4.69, 9.17) is 33.7 Å². The van der Waals surface area contributed by atoms with Crippen LogP contribution >= 0.6 is 23.2 Å². The number of hydrogen-bond acceptors (Lipinski definition) is 9. The first-order chi connectivity index (χ1) is 14.4. The molecule has 0 unspecified atom stereocenters. The molecular formula is C18H18Cl2N6O4. The van der Waals surface area contributed by atoms with Gasteiger partial charge >= 0.3 is 5.97 Å². The van der Waals surface area contributed by atoms with Crippen LogP contribution in [0.4, 0.5) is 5.82 Å². The van der Waals surface area contributed by atoms with Gasteiger partial charge in [-0.2, -0.15) is 0 Å². The summed E-state index contributed by atoms with van der Waals surface area (Å²) in [6.07, 6.45) is -0.433. The molecule has 10 nitrogen and oxygen atoms in total. The molecule has 1 aliphatic heterocycles. The molecule has 3 aromatic rings. The number of carbonyl (C=O) groups is 1. The minimum atomic E-state index is -1.16. The molecule has 0 saturated carbocycles. The number of hydrogen-bond donors (Lipinski definition) is 3. The van der Waals surface area contributed by atoms with E-state index in [2.05, 4.69) is 25.0 Å². The zero-order valence-electron chi connectivity index (χ0n) is 15.7. The maximum Gasteiger partial charge on any atom is 0.336 e. The Morgan fingerprint density at radius 1 is 1.37 bits per heavy atom. The lowest BCUT2D eigenvalue weighted by molar-refractivity contribution is -0.156. The van der Waals surface area contributed by atoms with Crippen molar-refractivity contribution in [3.63, 3.8) is 0 Å². The molecule has 1 saturated heterocycles. The van der Waals surface area contributed by atoms with Gasteiger partial charge in [0, 0.05) is 16.6 Å². The number of benzene rings is 1. The van der Waals surface area contributed by atoms with Gasteiger partial charge in [-0.25, -0.2) is 19.7 Å². The molecule has 0 aliphatic carbocycles. The molecule has 4 atom stereocenters. The lowest BCUT2D eigenvalue weighted by Crippen LogP contribution is -2.43. The van der Waals surface area contributed by atoms with Crippen molar-refractivity contribution in [2.45, 2.75) is 31.0 Å².